The fraction of sp³-hybridized carbons (Fsp3) is 0.623. The topological polar surface area (TPSA) is 231 Å². The van der Waals surface area contributed by atoms with Gasteiger partial charge in [-0.15, -0.1) is 0 Å². The van der Waals surface area contributed by atoms with Gasteiger partial charge in [-0.3, -0.25) is 9.59 Å². The van der Waals surface area contributed by atoms with Crippen LogP contribution >= 0.6 is 0 Å². The van der Waals surface area contributed by atoms with Gasteiger partial charge in [-0.25, -0.2) is 0 Å². The summed E-state index contributed by atoms with van der Waals surface area (Å²) in [4.78, 5) is 25.7. The zero-order valence-electron chi connectivity index (χ0n) is 40.3. The van der Waals surface area contributed by atoms with Gasteiger partial charge in [-0.1, -0.05) is 142 Å². The maximum Gasteiger partial charge on any atom is 0.306 e. The Morgan fingerprint density at radius 3 is 1.59 bits per heavy atom. The highest BCUT2D eigenvalue weighted by Crippen LogP contribution is 2.26. The van der Waals surface area contributed by atoms with E-state index in [4.69, 9.17) is 28.4 Å². The lowest BCUT2D eigenvalue weighted by atomic mass is 9.98. The van der Waals surface area contributed by atoms with Crippen LogP contribution < -0.4 is 0 Å². The van der Waals surface area contributed by atoms with Crippen molar-refractivity contribution < 1.29 is 73.8 Å². The Balaban J connectivity index is 1.87. The molecule has 0 saturated carbocycles. The van der Waals surface area contributed by atoms with E-state index in [1.165, 1.54) is 0 Å². The minimum atomic E-state index is -1.79. The van der Waals surface area contributed by atoms with Crippen LogP contribution in [0.1, 0.15) is 117 Å². The number of ether oxygens (including phenoxy) is 6. The van der Waals surface area contributed by atoms with E-state index >= 15 is 0 Å². The quantitative estimate of drug-likeness (QED) is 0.0158. The summed E-state index contributed by atoms with van der Waals surface area (Å²) in [6.45, 7) is 2.21. The zero-order chi connectivity index (χ0) is 49.6. The van der Waals surface area contributed by atoms with Crippen LogP contribution in [0.4, 0.5) is 0 Å². The second kappa shape index (κ2) is 38.9. The van der Waals surface area contributed by atoms with E-state index in [9.17, 15) is 45.3 Å². The Bertz CT molecular complexity index is 1600. The van der Waals surface area contributed by atoms with Gasteiger partial charge in [0.05, 0.1) is 19.8 Å². The van der Waals surface area contributed by atoms with Crippen LogP contribution in [0, 0.1) is 0 Å². The number of unbranched alkanes of at least 4 members (excludes halogenated alkanes) is 6. The maximum absolute atomic E-state index is 13.0. The molecule has 68 heavy (non-hydrogen) atoms. The lowest BCUT2D eigenvalue weighted by molar-refractivity contribution is -0.332. The fourth-order valence-corrected chi connectivity index (χ4v) is 6.85. The van der Waals surface area contributed by atoms with Gasteiger partial charge < -0.3 is 64.2 Å². The van der Waals surface area contributed by atoms with Gasteiger partial charge in [-0.2, -0.15) is 0 Å². The van der Waals surface area contributed by atoms with Crippen molar-refractivity contribution in [3.63, 3.8) is 0 Å². The molecule has 0 aliphatic carbocycles. The smallest absolute Gasteiger partial charge is 0.306 e. The molecule has 0 aromatic heterocycles. The van der Waals surface area contributed by atoms with Crippen molar-refractivity contribution in [2.45, 2.75) is 184 Å². The molecule has 4 unspecified atom stereocenters. The van der Waals surface area contributed by atoms with Gasteiger partial charge in [0, 0.05) is 12.8 Å². The summed E-state index contributed by atoms with van der Waals surface area (Å²) in [5.74, 6) is -1.03. The lowest BCUT2D eigenvalue weighted by Gasteiger charge is -2.42. The Hall–Kier alpha value is -3.84. The Morgan fingerprint density at radius 2 is 0.971 bits per heavy atom. The molecule has 0 aromatic rings. The number of esters is 2. The number of hydrogen-bond donors (Lipinski definition) is 7. The summed E-state index contributed by atoms with van der Waals surface area (Å²) >= 11 is 0. The van der Waals surface area contributed by atoms with Gasteiger partial charge in [0.2, 0.25) is 0 Å². The standard InChI is InChI=1S/C53H82O15/c1-3-5-7-9-11-13-15-17-19-20-22-24-26-28-30-32-34-36-45(56)66-41(38-63-44(55)35-33-31-29-27-25-23-21-18-16-14-12-10-8-6-4-2)39-64-52-51(62)49(60)47(58)43(68-52)40-65-53-50(61)48(59)46(57)42(37-54)67-53/h5-8,10-14,16-19,21-22,24,28,30,41-43,46-54,57-62H,3-4,9,15,20,23,25-27,29,31-40H2,1-2H3/b7-5+,8-6+,12-10+,13-11+,16-14+,19-17+,21-18+,24-22+,30-28+/t41-,42+,43+,46-,47-,48?,49?,50?,51?,52+,53+/m1/s1. The molecule has 384 valence electrons. The lowest BCUT2D eigenvalue weighted by Crippen LogP contribution is -2.61. The number of carbonyl (C=O) groups excluding carboxylic acids is 2. The molecule has 2 saturated heterocycles. The van der Waals surface area contributed by atoms with Crippen LogP contribution in [-0.2, 0) is 38.0 Å². The first kappa shape index (κ1) is 60.3. The third-order valence-corrected chi connectivity index (χ3v) is 10.8. The van der Waals surface area contributed by atoms with Crippen LogP contribution in [0.3, 0.4) is 0 Å². The second-order valence-electron chi connectivity index (χ2n) is 16.6. The molecular weight excluding hydrogens is 877 g/mol. The summed E-state index contributed by atoms with van der Waals surface area (Å²) in [7, 11) is 0. The van der Waals surface area contributed by atoms with E-state index in [0.29, 0.717) is 19.3 Å². The van der Waals surface area contributed by atoms with E-state index in [1.807, 2.05) is 48.6 Å². The number of aliphatic hydroxyl groups excluding tert-OH is 7. The molecule has 2 fully saturated rings. The Labute approximate surface area is 404 Å². The van der Waals surface area contributed by atoms with Crippen molar-refractivity contribution in [1.29, 1.82) is 0 Å². The van der Waals surface area contributed by atoms with Crippen molar-refractivity contribution in [2.75, 3.05) is 26.4 Å². The number of carbonyl (C=O) groups is 2. The maximum atomic E-state index is 13.0. The van der Waals surface area contributed by atoms with Gasteiger partial charge in [0.15, 0.2) is 18.7 Å². The molecule has 0 bridgehead atoms. The second-order valence-corrected chi connectivity index (χ2v) is 16.6. The first-order chi connectivity index (χ1) is 33.0. The molecule has 0 spiro atoms. The van der Waals surface area contributed by atoms with Gasteiger partial charge in [0.25, 0.3) is 0 Å². The van der Waals surface area contributed by atoms with E-state index in [2.05, 4.69) is 74.6 Å². The van der Waals surface area contributed by atoms with Crippen LogP contribution in [0.2, 0.25) is 0 Å². The first-order valence-corrected chi connectivity index (χ1v) is 24.5. The fourth-order valence-electron chi connectivity index (χ4n) is 6.85. The monoisotopic (exact) mass is 959 g/mol. The third kappa shape index (κ3) is 26.8. The molecule has 2 heterocycles. The number of hydrogen-bond acceptors (Lipinski definition) is 15. The highest BCUT2D eigenvalue weighted by atomic mass is 16.7. The summed E-state index contributed by atoms with van der Waals surface area (Å²) < 4.78 is 33.4. The predicted molar refractivity (Wildman–Crippen MR) is 261 cm³/mol. The van der Waals surface area contributed by atoms with Crippen LogP contribution in [0.15, 0.2) is 109 Å². The van der Waals surface area contributed by atoms with Crippen molar-refractivity contribution in [3.05, 3.63) is 109 Å². The molecule has 2 aliphatic rings. The molecule has 0 amide bonds. The van der Waals surface area contributed by atoms with E-state index < -0.39 is 99.3 Å². The minimum absolute atomic E-state index is 0.0738. The molecule has 7 N–H and O–H groups in total. The van der Waals surface area contributed by atoms with E-state index in [-0.39, 0.29) is 19.4 Å². The molecule has 2 aliphatic heterocycles. The third-order valence-electron chi connectivity index (χ3n) is 10.8. The molecule has 2 rings (SSSR count). The van der Waals surface area contributed by atoms with Crippen molar-refractivity contribution in [3.8, 4) is 0 Å². The Morgan fingerprint density at radius 1 is 0.485 bits per heavy atom. The van der Waals surface area contributed by atoms with Crippen molar-refractivity contribution in [1.82, 2.24) is 0 Å². The van der Waals surface area contributed by atoms with Gasteiger partial charge in [-0.05, 0) is 70.6 Å². The highest BCUT2D eigenvalue weighted by molar-refractivity contribution is 5.70. The van der Waals surface area contributed by atoms with Crippen molar-refractivity contribution >= 4 is 11.9 Å². The van der Waals surface area contributed by atoms with E-state index in [0.717, 1.165) is 70.6 Å². The first-order valence-electron chi connectivity index (χ1n) is 24.5. The van der Waals surface area contributed by atoms with Gasteiger partial charge in [0.1, 0.15) is 55.4 Å². The molecule has 15 heteroatoms. The highest BCUT2D eigenvalue weighted by Gasteiger charge is 2.47. The van der Waals surface area contributed by atoms with Gasteiger partial charge >= 0.3 is 11.9 Å². The van der Waals surface area contributed by atoms with E-state index in [1.54, 1.807) is 0 Å². The molecule has 15 nitrogen and oxygen atoms in total. The zero-order valence-corrected chi connectivity index (χ0v) is 40.3. The minimum Gasteiger partial charge on any atom is -0.462 e. The average Bonchev–Trinajstić information content (AvgIpc) is 3.33. The summed E-state index contributed by atoms with van der Waals surface area (Å²) in [5, 5.41) is 72.0. The van der Waals surface area contributed by atoms with Crippen LogP contribution in [-0.4, -0.2) is 142 Å². The SMILES string of the molecule is CC/C=C/C=C/C=C/C=C/CCCCCCCC(=O)OC[C@H](CO[C@H]1O[C@@H](CO[C@H]2O[C@@H](CO)[C@@H](O)C(O)C2O)[C@@H](O)C(O)C1O)OC(=O)CCC/C=C/C/C=C/C/C=C/C/C=C/C/C=C/CC. The summed E-state index contributed by atoms with van der Waals surface area (Å²) in [6, 6.07) is 0. The normalized spacial score (nSPS) is 26.7. The van der Waals surface area contributed by atoms with Crippen molar-refractivity contribution in [2.24, 2.45) is 0 Å². The summed E-state index contributed by atoms with van der Waals surface area (Å²) in [5.41, 5.74) is 0. The predicted octanol–water partition coefficient (Wildman–Crippen LogP) is 6.37. The largest absolute Gasteiger partial charge is 0.462 e. The Kier molecular flexibility index (Phi) is 34.5. The number of aliphatic hydroxyl groups is 7. The number of allylic oxidation sites excluding steroid dienone is 18. The van der Waals surface area contributed by atoms with Crippen LogP contribution in [0.5, 0.6) is 0 Å². The van der Waals surface area contributed by atoms with Crippen LogP contribution in [0.25, 0.3) is 0 Å². The molecule has 0 aromatic carbocycles. The molecular formula is C53H82O15. The summed E-state index contributed by atoms with van der Waals surface area (Å²) in [6.07, 6.45) is 32.7. The molecule has 11 atom stereocenters. The molecule has 0 radical (unpaired) electrons. The number of rotatable bonds is 35. The average molecular weight is 959 g/mol.